The van der Waals surface area contributed by atoms with Crippen molar-refractivity contribution in [2.24, 2.45) is 5.73 Å². The predicted molar refractivity (Wildman–Crippen MR) is 50.5 cm³/mol. The molecule has 3 N–H and O–H groups in total. The van der Waals surface area contributed by atoms with E-state index < -0.39 is 18.6 Å². The zero-order valence-corrected chi connectivity index (χ0v) is 7.96. The van der Waals surface area contributed by atoms with E-state index in [2.05, 4.69) is 0 Å². The minimum absolute atomic E-state index is 0.0862. The number of hydrogen-bond donors (Lipinski definition) is 2. The summed E-state index contributed by atoms with van der Waals surface area (Å²) in [6, 6.07) is 5.04. The molecule has 2 nitrogen and oxygen atoms in total. The molecule has 1 atom stereocenters. The van der Waals surface area contributed by atoms with E-state index in [1.165, 1.54) is 12.1 Å². The van der Waals surface area contributed by atoms with Crippen molar-refractivity contribution in [1.82, 2.24) is 0 Å². The fourth-order valence-electron chi connectivity index (χ4n) is 1.30. The normalized spacial score (nSPS) is 13.9. The lowest BCUT2D eigenvalue weighted by molar-refractivity contribution is -0.138. The van der Waals surface area contributed by atoms with Crippen molar-refractivity contribution in [3.8, 4) is 5.75 Å². The molecule has 0 saturated heterocycles. The van der Waals surface area contributed by atoms with Crippen LogP contribution in [0.1, 0.15) is 12.0 Å². The van der Waals surface area contributed by atoms with Crippen LogP contribution in [-0.2, 0) is 6.42 Å². The molecule has 0 aromatic heterocycles. The van der Waals surface area contributed by atoms with Crippen LogP contribution in [0.25, 0.3) is 0 Å². The number of benzene rings is 1. The zero-order valence-electron chi connectivity index (χ0n) is 7.96. The fraction of sp³-hybridized carbons (Fsp3) is 0.400. The van der Waals surface area contributed by atoms with Gasteiger partial charge in [-0.3, -0.25) is 0 Å². The first kappa shape index (κ1) is 11.8. The molecule has 0 heterocycles. The van der Waals surface area contributed by atoms with Crippen molar-refractivity contribution in [3.05, 3.63) is 29.8 Å². The molecule has 84 valence electrons. The molecule has 0 aliphatic rings. The molecule has 0 aliphatic carbocycles. The number of rotatable bonds is 3. The monoisotopic (exact) mass is 219 g/mol. The van der Waals surface area contributed by atoms with Gasteiger partial charge < -0.3 is 10.8 Å². The van der Waals surface area contributed by atoms with Gasteiger partial charge in [0.05, 0.1) is 6.42 Å². The average Bonchev–Trinajstić information content (AvgIpc) is 2.05. The van der Waals surface area contributed by atoms with Gasteiger partial charge in [-0.15, -0.1) is 0 Å². The van der Waals surface area contributed by atoms with E-state index in [4.69, 9.17) is 10.8 Å². The first-order valence-corrected chi connectivity index (χ1v) is 4.47. The largest absolute Gasteiger partial charge is 0.508 e. The van der Waals surface area contributed by atoms with Crippen LogP contribution in [0.4, 0.5) is 13.2 Å². The fourth-order valence-corrected chi connectivity index (χ4v) is 1.30. The summed E-state index contributed by atoms with van der Waals surface area (Å²) < 4.78 is 35.9. The van der Waals surface area contributed by atoms with Gasteiger partial charge in [-0.1, -0.05) is 12.1 Å². The van der Waals surface area contributed by atoms with Gasteiger partial charge in [-0.05, 0) is 24.1 Å². The van der Waals surface area contributed by atoms with E-state index in [1.807, 2.05) is 0 Å². The maximum absolute atomic E-state index is 12.0. The van der Waals surface area contributed by atoms with Crippen LogP contribution >= 0.6 is 0 Å². The number of aromatic hydroxyl groups is 1. The second-order valence-electron chi connectivity index (χ2n) is 3.45. The molecule has 1 aromatic carbocycles. The van der Waals surface area contributed by atoms with Gasteiger partial charge >= 0.3 is 6.18 Å². The van der Waals surface area contributed by atoms with Crippen LogP contribution in [0, 0.1) is 0 Å². The third-order valence-corrected chi connectivity index (χ3v) is 1.93. The Labute approximate surface area is 85.5 Å². The lowest BCUT2D eigenvalue weighted by Gasteiger charge is -2.13. The molecule has 0 bridgehead atoms. The summed E-state index contributed by atoms with van der Waals surface area (Å²) in [5.41, 5.74) is 6.03. The van der Waals surface area contributed by atoms with E-state index in [0.29, 0.717) is 5.56 Å². The predicted octanol–water partition coefficient (Wildman–Crippen LogP) is 2.21. The van der Waals surface area contributed by atoms with Crippen LogP contribution in [0.5, 0.6) is 5.75 Å². The summed E-state index contributed by atoms with van der Waals surface area (Å²) >= 11 is 0. The number of phenols is 1. The standard InChI is InChI=1S/C10H12F3NO/c11-10(12,13)6-8(14)5-7-1-3-9(15)4-2-7/h1-4,8,15H,5-6,14H2. The van der Waals surface area contributed by atoms with Crippen molar-refractivity contribution in [1.29, 1.82) is 0 Å². The maximum atomic E-state index is 12.0. The minimum Gasteiger partial charge on any atom is -0.508 e. The number of nitrogens with two attached hydrogens (primary N) is 1. The molecule has 15 heavy (non-hydrogen) atoms. The maximum Gasteiger partial charge on any atom is 0.390 e. The van der Waals surface area contributed by atoms with E-state index in [1.54, 1.807) is 12.1 Å². The third-order valence-electron chi connectivity index (χ3n) is 1.93. The molecule has 1 rings (SSSR count). The Balaban J connectivity index is 2.51. The molecule has 0 aliphatic heterocycles. The van der Waals surface area contributed by atoms with Crippen LogP contribution in [0.15, 0.2) is 24.3 Å². The quantitative estimate of drug-likeness (QED) is 0.818. The molecule has 1 aromatic rings. The number of halogens is 3. The molecular weight excluding hydrogens is 207 g/mol. The second kappa shape index (κ2) is 4.53. The second-order valence-corrected chi connectivity index (χ2v) is 3.45. The summed E-state index contributed by atoms with van der Waals surface area (Å²) in [5, 5.41) is 8.97. The van der Waals surface area contributed by atoms with Gasteiger partial charge in [-0.2, -0.15) is 13.2 Å². The highest BCUT2D eigenvalue weighted by Crippen LogP contribution is 2.22. The summed E-state index contributed by atoms with van der Waals surface area (Å²) in [6.45, 7) is 0. The van der Waals surface area contributed by atoms with Crippen molar-refractivity contribution >= 4 is 0 Å². The Morgan fingerprint density at radius 1 is 1.20 bits per heavy atom. The summed E-state index contributed by atoms with van der Waals surface area (Å²) in [5.74, 6) is 0.0862. The molecular formula is C10H12F3NO. The van der Waals surface area contributed by atoms with Crippen LogP contribution in [-0.4, -0.2) is 17.3 Å². The minimum atomic E-state index is -4.23. The molecule has 0 amide bonds. The van der Waals surface area contributed by atoms with Gasteiger partial charge in [0.1, 0.15) is 5.75 Å². The van der Waals surface area contributed by atoms with Gasteiger partial charge in [0.2, 0.25) is 0 Å². The summed E-state index contributed by atoms with van der Waals surface area (Å²) in [6.07, 6.45) is -5.07. The summed E-state index contributed by atoms with van der Waals surface area (Å²) in [7, 11) is 0. The molecule has 1 unspecified atom stereocenters. The highest BCUT2D eigenvalue weighted by atomic mass is 19.4. The first-order chi connectivity index (χ1) is 6.87. The highest BCUT2D eigenvalue weighted by molar-refractivity contribution is 5.26. The van der Waals surface area contributed by atoms with Gasteiger partial charge in [0, 0.05) is 6.04 Å². The van der Waals surface area contributed by atoms with E-state index in [-0.39, 0.29) is 12.2 Å². The Morgan fingerprint density at radius 3 is 2.20 bits per heavy atom. The topological polar surface area (TPSA) is 46.2 Å². The molecule has 5 heteroatoms. The number of hydrogen-bond acceptors (Lipinski definition) is 2. The van der Waals surface area contributed by atoms with Crippen molar-refractivity contribution in [3.63, 3.8) is 0 Å². The Morgan fingerprint density at radius 2 is 1.73 bits per heavy atom. The number of alkyl halides is 3. The van der Waals surface area contributed by atoms with Crippen molar-refractivity contribution in [2.75, 3.05) is 0 Å². The highest BCUT2D eigenvalue weighted by Gasteiger charge is 2.30. The Hall–Kier alpha value is -1.23. The zero-order chi connectivity index (χ0) is 11.5. The Kier molecular flexibility index (Phi) is 3.57. The third kappa shape index (κ3) is 4.69. The molecule has 0 radical (unpaired) electrons. The van der Waals surface area contributed by atoms with Crippen LogP contribution in [0.3, 0.4) is 0 Å². The SMILES string of the molecule is NC(Cc1ccc(O)cc1)CC(F)(F)F. The average molecular weight is 219 g/mol. The van der Waals surface area contributed by atoms with Gasteiger partial charge in [0.25, 0.3) is 0 Å². The van der Waals surface area contributed by atoms with Crippen LogP contribution in [0.2, 0.25) is 0 Å². The van der Waals surface area contributed by atoms with E-state index in [9.17, 15) is 13.2 Å². The lowest BCUT2D eigenvalue weighted by Crippen LogP contribution is -2.29. The molecule has 0 spiro atoms. The summed E-state index contributed by atoms with van der Waals surface area (Å²) in [4.78, 5) is 0. The Bertz CT molecular complexity index is 307. The van der Waals surface area contributed by atoms with Crippen molar-refractivity contribution in [2.45, 2.75) is 25.1 Å². The van der Waals surface area contributed by atoms with E-state index in [0.717, 1.165) is 0 Å². The van der Waals surface area contributed by atoms with Crippen molar-refractivity contribution < 1.29 is 18.3 Å². The van der Waals surface area contributed by atoms with Gasteiger partial charge in [-0.25, -0.2) is 0 Å². The van der Waals surface area contributed by atoms with Gasteiger partial charge in [0.15, 0.2) is 0 Å². The lowest BCUT2D eigenvalue weighted by atomic mass is 10.0. The van der Waals surface area contributed by atoms with E-state index >= 15 is 0 Å². The molecule has 0 saturated carbocycles. The molecule has 0 fully saturated rings. The van der Waals surface area contributed by atoms with Crippen LogP contribution < -0.4 is 5.73 Å². The first-order valence-electron chi connectivity index (χ1n) is 4.47. The smallest absolute Gasteiger partial charge is 0.390 e. The number of phenolic OH excluding ortho intramolecular Hbond substituents is 1.